The minimum Gasteiger partial charge on any atom is -0.467 e. The van der Waals surface area contributed by atoms with Crippen LogP contribution in [0.5, 0.6) is 0 Å². The van der Waals surface area contributed by atoms with Crippen molar-refractivity contribution in [1.82, 2.24) is 14.5 Å². The molecule has 0 aliphatic heterocycles. The Kier molecular flexibility index (Phi) is 8.78. The van der Waals surface area contributed by atoms with Crippen molar-refractivity contribution < 1.29 is 26.8 Å². The van der Waals surface area contributed by atoms with Gasteiger partial charge in [0.15, 0.2) is 0 Å². The van der Waals surface area contributed by atoms with Crippen LogP contribution in [0.25, 0.3) is 0 Å². The topological polar surface area (TPSA) is 99.9 Å². The van der Waals surface area contributed by atoms with Crippen molar-refractivity contribution in [1.29, 1.82) is 0 Å². The minimum absolute atomic E-state index is 0.0115. The fraction of sp³-hybridized carbons (Fsp3) is 0.280. The van der Waals surface area contributed by atoms with Gasteiger partial charge >= 0.3 is 0 Å². The summed E-state index contributed by atoms with van der Waals surface area (Å²) >= 11 is 0. The number of amides is 2. The summed E-state index contributed by atoms with van der Waals surface area (Å²) in [6.07, 6.45) is 2.69. The number of furan rings is 1. The smallest absolute Gasteiger partial charge is 0.243 e. The molecule has 1 N–H and O–H groups in total. The third kappa shape index (κ3) is 7.76. The van der Waals surface area contributed by atoms with Crippen LogP contribution in [0, 0.1) is 5.82 Å². The van der Waals surface area contributed by atoms with Crippen LogP contribution < -0.4 is 5.32 Å². The number of nitrogens with one attached hydrogen (secondary N) is 1. The number of hydrogen-bond acceptors (Lipinski definition) is 5. The van der Waals surface area contributed by atoms with Gasteiger partial charge in [0.2, 0.25) is 21.8 Å². The summed E-state index contributed by atoms with van der Waals surface area (Å²) in [5.74, 6) is -0.871. The molecule has 0 fully saturated rings. The van der Waals surface area contributed by atoms with Gasteiger partial charge in [0, 0.05) is 20.0 Å². The van der Waals surface area contributed by atoms with E-state index in [0.717, 1.165) is 16.1 Å². The Bertz CT molecular complexity index is 1220. The minimum atomic E-state index is -3.63. The lowest BCUT2D eigenvalue weighted by atomic mass is 10.0. The molecule has 2 amide bonds. The number of sulfonamides is 1. The normalized spacial score (nSPS) is 12.3. The number of likely N-dealkylation sites (N-methyl/N-ethyl adjacent to an activating group) is 1. The maximum Gasteiger partial charge on any atom is 0.243 e. The van der Waals surface area contributed by atoms with Gasteiger partial charge in [-0.2, -0.15) is 4.31 Å². The number of nitrogens with zero attached hydrogens (tertiary/aromatic N) is 2. The van der Waals surface area contributed by atoms with Crippen LogP contribution in [0.15, 0.2) is 77.4 Å². The standard InChI is InChI=1S/C25H28FN3O5S/c1-28(35(2,32)33)18-24(30)29(17-20-10-12-21(26)13-11-20)23(15-19-7-4-3-5-8-19)25(31)27-16-22-9-6-14-34-22/h3-14,23H,15-18H2,1-2H3,(H,27,31). The molecule has 0 saturated heterocycles. The Balaban J connectivity index is 1.93. The highest BCUT2D eigenvalue weighted by Gasteiger charge is 2.32. The van der Waals surface area contributed by atoms with E-state index < -0.39 is 40.2 Å². The maximum absolute atomic E-state index is 13.5. The van der Waals surface area contributed by atoms with Crippen molar-refractivity contribution in [3.05, 3.63) is 95.7 Å². The molecule has 35 heavy (non-hydrogen) atoms. The highest BCUT2D eigenvalue weighted by atomic mass is 32.2. The molecule has 1 atom stereocenters. The van der Waals surface area contributed by atoms with Gasteiger partial charge in [0.25, 0.3) is 0 Å². The molecule has 10 heteroatoms. The Labute approximate surface area is 204 Å². The average molecular weight is 502 g/mol. The summed E-state index contributed by atoms with van der Waals surface area (Å²) in [5.41, 5.74) is 1.41. The molecule has 1 aromatic heterocycles. The van der Waals surface area contributed by atoms with Crippen molar-refractivity contribution in [2.24, 2.45) is 0 Å². The first-order valence-electron chi connectivity index (χ1n) is 10.9. The van der Waals surface area contributed by atoms with E-state index in [0.29, 0.717) is 11.3 Å². The third-order valence-corrected chi connectivity index (χ3v) is 6.74. The fourth-order valence-electron chi connectivity index (χ4n) is 3.44. The maximum atomic E-state index is 13.5. The first kappa shape index (κ1) is 26.1. The van der Waals surface area contributed by atoms with E-state index in [2.05, 4.69) is 5.32 Å². The highest BCUT2D eigenvalue weighted by molar-refractivity contribution is 7.88. The Morgan fingerprint density at radius 1 is 1.00 bits per heavy atom. The van der Waals surface area contributed by atoms with Crippen LogP contribution in [0.4, 0.5) is 4.39 Å². The molecule has 3 aromatic rings. The Morgan fingerprint density at radius 2 is 1.69 bits per heavy atom. The van der Waals surface area contributed by atoms with Gasteiger partial charge in [-0.1, -0.05) is 42.5 Å². The average Bonchev–Trinajstić information content (AvgIpc) is 3.34. The van der Waals surface area contributed by atoms with Gasteiger partial charge in [0.05, 0.1) is 25.6 Å². The number of benzene rings is 2. The number of halogens is 1. The molecule has 186 valence electrons. The molecule has 0 radical (unpaired) electrons. The van der Waals surface area contributed by atoms with Crippen LogP contribution in [-0.4, -0.2) is 55.3 Å². The zero-order valence-electron chi connectivity index (χ0n) is 19.6. The molecule has 0 spiro atoms. The van der Waals surface area contributed by atoms with Gasteiger partial charge in [-0.3, -0.25) is 9.59 Å². The van der Waals surface area contributed by atoms with E-state index in [1.807, 2.05) is 30.3 Å². The summed E-state index contributed by atoms with van der Waals surface area (Å²) in [4.78, 5) is 28.1. The SMILES string of the molecule is CN(CC(=O)N(Cc1ccc(F)cc1)C(Cc1ccccc1)C(=O)NCc1ccco1)S(C)(=O)=O. The molecule has 0 aliphatic rings. The van der Waals surface area contributed by atoms with E-state index in [4.69, 9.17) is 4.42 Å². The first-order valence-corrected chi connectivity index (χ1v) is 12.8. The molecule has 0 bridgehead atoms. The lowest BCUT2D eigenvalue weighted by Gasteiger charge is -2.32. The number of carbonyl (C=O) groups is 2. The third-order valence-electron chi connectivity index (χ3n) is 5.48. The first-order chi connectivity index (χ1) is 16.6. The van der Waals surface area contributed by atoms with Crippen LogP contribution in [-0.2, 0) is 39.1 Å². The van der Waals surface area contributed by atoms with Gasteiger partial charge in [0.1, 0.15) is 17.6 Å². The van der Waals surface area contributed by atoms with Crippen LogP contribution in [0.1, 0.15) is 16.9 Å². The number of hydrogen-bond donors (Lipinski definition) is 1. The van der Waals surface area contributed by atoms with Crippen molar-refractivity contribution in [3.63, 3.8) is 0 Å². The lowest BCUT2D eigenvalue weighted by molar-refractivity contribution is -0.141. The quantitative estimate of drug-likeness (QED) is 0.435. The predicted octanol–water partition coefficient (Wildman–Crippen LogP) is 2.57. The van der Waals surface area contributed by atoms with E-state index in [1.54, 1.807) is 12.1 Å². The molecule has 2 aromatic carbocycles. The second-order valence-corrected chi connectivity index (χ2v) is 10.3. The van der Waals surface area contributed by atoms with E-state index in [9.17, 15) is 22.4 Å². The second kappa shape index (κ2) is 11.8. The van der Waals surface area contributed by atoms with Gasteiger partial charge in [-0.25, -0.2) is 12.8 Å². The summed E-state index contributed by atoms with van der Waals surface area (Å²) in [7, 11) is -2.33. The molecule has 3 rings (SSSR count). The largest absolute Gasteiger partial charge is 0.467 e. The van der Waals surface area contributed by atoms with Crippen LogP contribution in [0.3, 0.4) is 0 Å². The van der Waals surface area contributed by atoms with E-state index >= 15 is 0 Å². The molecule has 1 heterocycles. The van der Waals surface area contributed by atoms with Gasteiger partial charge < -0.3 is 14.6 Å². The zero-order valence-corrected chi connectivity index (χ0v) is 20.4. The van der Waals surface area contributed by atoms with Gasteiger partial charge in [-0.05, 0) is 35.4 Å². The predicted molar refractivity (Wildman–Crippen MR) is 129 cm³/mol. The van der Waals surface area contributed by atoms with Crippen molar-refractivity contribution in [2.75, 3.05) is 19.8 Å². The zero-order chi connectivity index (χ0) is 25.4. The monoisotopic (exact) mass is 501 g/mol. The molecule has 0 saturated carbocycles. The van der Waals surface area contributed by atoms with Crippen molar-refractivity contribution >= 4 is 21.8 Å². The van der Waals surface area contributed by atoms with Gasteiger partial charge in [-0.15, -0.1) is 0 Å². The van der Waals surface area contributed by atoms with Crippen molar-refractivity contribution in [3.8, 4) is 0 Å². The summed E-state index contributed by atoms with van der Waals surface area (Å²) in [6, 6.07) is 17.2. The molecule has 1 unspecified atom stereocenters. The second-order valence-electron chi connectivity index (χ2n) is 8.17. The number of carbonyl (C=O) groups excluding carboxylic acids is 2. The fourth-order valence-corrected chi connectivity index (χ4v) is 3.79. The van der Waals surface area contributed by atoms with Crippen LogP contribution >= 0.6 is 0 Å². The summed E-state index contributed by atoms with van der Waals surface area (Å²) in [5, 5.41) is 2.80. The summed E-state index contributed by atoms with van der Waals surface area (Å²) < 4.78 is 43.5. The Morgan fingerprint density at radius 3 is 2.29 bits per heavy atom. The lowest BCUT2D eigenvalue weighted by Crippen LogP contribution is -2.52. The highest BCUT2D eigenvalue weighted by Crippen LogP contribution is 2.16. The molecular weight excluding hydrogens is 473 g/mol. The molecular formula is C25H28FN3O5S. The van der Waals surface area contributed by atoms with E-state index in [-0.39, 0.29) is 19.5 Å². The number of rotatable bonds is 11. The van der Waals surface area contributed by atoms with Crippen molar-refractivity contribution in [2.45, 2.75) is 25.6 Å². The molecule has 0 aliphatic carbocycles. The molecule has 8 nitrogen and oxygen atoms in total. The van der Waals surface area contributed by atoms with Crippen LogP contribution in [0.2, 0.25) is 0 Å². The Hall–Kier alpha value is -3.50. The van der Waals surface area contributed by atoms with E-state index in [1.165, 1.54) is 42.5 Å². The summed E-state index contributed by atoms with van der Waals surface area (Å²) in [6.45, 7) is -0.335.